The molecule has 0 saturated carbocycles. The molecule has 0 aromatic carbocycles. The molecule has 1 aliphatic rings. The summed E-state index contributed by atoms with van der Waals surface area (Å²) in [5.74, 6) is 1.56. The van der Waals surface area contributed by atoms with Crippen LogP contribution in [-0.2, 0) is 13.7 Å². The van der Waals surface area contributed by atoms with Gasteiger partial charge in [-0.1, -0.05) is 187 Å². The number of hydroxylamine groups is 1. The molecule has 0 spiro atoms. The number of carbonyl (C=O) groups is 1. The van der Waals surface area contributed by atoms with Crippen LogP contribution in [0.2, 0.25) is 12.1 Å². The third kappa shape index (κ3) is 26.7. The van der Waals surface area contributed by atoms with Crippen LogP contribution in [0.5, 0.6) is 0 Å². The molecule has 1 heterocycles. The highest BCUT2D eigenvalue weighted by Gasteiger charge is 2.37. The molecule has 1 saturated heterocycles. The maximum Gasteiger partial charge on any atom is 0.357 e. The predicted octanol–water partition coefficient (Wildman–Crippen LogP) is 13.2. The fraction of sp³-hybridized carbons (Fsp3) is 0.974. The molecule has 45 heavy (non-hydrogen) atoms. The Morgan fingerprint density at radius 2 is 1.11 bits per heavy atom. The van der Waals surface area contributed by atoms with Gasteiger partial charge in [-0.05, 0) is 43.7 Å². The molecular formula is C39H79NO3SSi. The van der Waals surface area contributed by atoms with E-state index in [2.05, 4.69) is 26.3 Å². The number of thioether (sulfide) groups is 1. The lowest BCUT2D eigenvalue weighted by Gasteiger charge is -2.33. The van der Waals surface area contributed by atoms with Crippen LogP contribution in [0.4, 0.5) is 0 Å². The minimum absolute atomic E-state index is 0.375. The summed E-state index contributed by atoms with van der Waals surface area (Å²) in [7, 11) is -2.21. The molecule has 2 atom stereocenters. The normalized spacial score (nSPS) is 19.0. The zero-order chi connectivity index (χ0) is 32.5. The number of carbonyl (C=O) groups excluding carboxylic acids is 1. The van der Waals surface area contributed by atoms with Gasteiger partial charge in [-0.15, -0.1) is 0 Å². The van der Waals surface area contributed by atoms with E-state index < -0.39 is 8.56 Å². The Hall–Kier alpha value is 0.117. The number of nitrogens with one attached hydrogen (secondary N) is 1. The van der Waals surface area contributed by atoms with E-state index >= 15 is 0 Å². The van der Waals surface area contributed by atoms with Gasteiger partial charge in [0.25, 0.3) is 0 Å². The van der Waals surface area contributed by atoms with Gasteiger partial charge in [0.15, 0.2) is 5.12 Å². The van der Waals surface area contributed by atoms with Crippen molar-refractivity contribution in [3.05, 3.63) is 0 Å². The van der Waals surface area contributed by atoms with Crippen LogP contribution in [-0.4, -0.2) is 32.6 Å². The van der Waals surface area contributed by atoms with Crippen molar-refractivity contribution in [2.24, 2.45) is 5.92 Å². The number of unbranched alkanes of at least 4 members (excludes halogenated alkanes) is 23. The van der Waals surface area contributed by atoms with E-state index in [0.29, 0.717) is 11.0 Å². The monoisotopic (exact) mass is 670 g/mol. The second-order valence-corrected chi connectivity index (χ2v) is 18.9. The molecule has 1 aliphatic heterocycles. The SMILES string of the molecule is CCCCCCCCCCCCCCCCCCC1CCO[Si](CC)(CCCSC(=O)CCCCCCCCCCC)ONC1. The lowest BCUT2D eigenvalue weighted by atomic mass is 9.97. The molecular weight excluding hydrogens is 591 g/mol. The molecule has 0 aromatic rings. The Bertz CT molecular complexity index is 627. The van der Waals surface area contributed by atoms with Gasteiger partial charge in [0.05, 0.1) is 0 Å². The Kier molecular flexibility index (Phi) is 31.3. The molecule has 0 aliphatic carbocycles. The second kappa shape index (κ2) is 32.7. The minimum Gasteiger partial charge on any atom is -0.393 e. The first-order valence-electron chi connectivity index (χ1n) is 20.4. The van der Waals surface area contributed by atoms with Gasteiger partial charge < -0.3 is 8.95 Å². The van der Waals surface area contributed by atoms with E-state index in [1.807, 2.05) is 0 Å². The molecule has 1 N–H and O–H groups in total. The van der Waals surface area contributed by atoms with Crippen molar-refractivity contribution in [1.82, 2.24) is 5.48 Å². The minimum atomic E-state index is -2.21. The van der Waals surface area contributed by atoms with Gasteiger partial charge >= 0.3 is 8.56 Å². The second-order valence-electron chi connectivity index (χ2n) is 14.2. The Labute approximate surface area is 287 Å². The highest BCUT2D eigenvalue weighted by molar-refractivity contribution is 8.13. The quantitative estimate of drug-likeness (QED) is 0.0570. The van der Waals surface area contributed by atoms with Crippen LogP contribution in [0.3, 0.4) is 0 Å². The molecule has 2 unspecified atom stereocenters. The molecule has 1 rings (SSSR count). The largest absolute Gasteiger partial charge is 0.393 e. The van der Waals surface area contributed by atoms with E-state index in [9.17, 15) is 4.79 Å². The van der Waals surface area contributed by atoms with Crippen molar-refractivity contribution < 1.29 is 13.7 Å². The van der Waals surface area contributed by atoms with Crippen LogP contribution in [0.25, 0.3) is 0 Å². The van der Waals surface area contributed by atoms with Crippen LogP contribution in [0, 0.1) is 5.92 Å². The smallest absolute Gasteiger partial charge is 0.357 e. The van der Waals surface area contributed by atoms with Crippen molar-refractivity contribution in [3.63, 3.8) is 0 Å². The van der Waals surface area contributed by atoms with Crippen molar-refractivity contribution in [3.8, 4) is 0 Å². The van der Waals surface area contributed by atoms with Gasteiger partial charge in [0, 0.05) is 25.3 Å². The van der Waals surface area contributed by atoms with E-state index in [0.717, 1.165) is 56.7 Å². The van der Waals surface area contributed by atoms with Crippen molar-refractivity contribution in [2.75, 3.05) is 18.9 Å². The Balaban J connectivity index is 1.97. The standard InChI is InChI=1S/C39H79NO3SSi/c1-4-7-9-11-13-15-16-17-18-19-20-21-23-24-26-28-31-38-33-34-42-45(6-3,43-40-37-38)36-30-35-44-39(41)32-29-27-25-22-14-12-10-8-5-2/h38,40H,4-37H2,1-3H3. The summed E-state index contributed by atoms with van der Waals surface area (Å²) in [6, 6.07) is 1.96. The van der Waals surface area contributed by atoms with Crippen molar-refractivity contribution in [2.45, 2.75) is 219 Å². The average Bonchev–Trinajstić information content (AvgIpc) is 3.03. The first kappa shape index (κ1) is 43.1. The van der Waals surface area contributed by atoms with Crippen LogP contribution in [0.15, 0.2) is 0 Å². The van der Waals surface area contributed by atoms with Crippen molar-refractivity contribution in [1.29, 1.82) is 0 Å². The summed E-state index contributed by atoms with van der Waals surface area (Å²) < 4.78 is 12.8. The summed E-state index contributed by atoms with van der Waals surface area (Å²) in [5.41, 5.74) is 3.36. The lowest BCUT2D eigenvalue weighted by molar-refractivity contribution is -0.111. The molecule has 4 nitrogen and oxygen atoms in total. The number of hydrogen-bond donors (Lipinski definition) is 1. The first-order valence-corrected chi connectivity index (χ1v) is 23.6. The van der Waals surface area contributed by atoms with Crippen LogP contribution < -0.4 is 5.48 Å². The van der Waals surface area contributed by atoms with Crippen molar-refractivity contribution >= 4 is 25.4 Å². The van der Waals surface area contributed by atoms with Gasteiger partial charge in [-0.25, -0.2) is 5.48 Å². The van der Waals surface area contributed by atoms with E-state index in [1.165, 1.54) is 172 Å². The molecule has 0 radical (unpaired) electrons. The fourth-order valence-electron chi connectivity index (χ4n) is 6.72. The summed E-state index contributed by atoms with van der Waals surface area (Å²) >= 11 is 1.54. The fourth-order valence-corrected chi connectivity index (χ4v) is 10.3. The molecule has 1 fully saturated rings. The molecule has 268 valence electrons. The molecule has 0 amide bonds. The zero-order valence-corrected chi connectivity index (χ0v) is 32.6. The summed E-state index contributed by atoms with van der Waals surface area (Å²) in [5, 5.41) is 0.375. The van der Waals surface area contributed by atoms with Crippen LogP contribution in [0.1, 0.15) is 207 Å². The van der Waals surface area contributed by atoms with Gasteiger partial charge in [0.1, 0.15) is 0 Å². The highest BCUT2D eigenvalue weighted by Crippen LogP contribution is 2.26. The third-order valence-electron chi connectivity index (χ3n) is 9.98. The van der Waals surface area contributed by atoms with E-state index in [-0.39, 0.29) is 0 Å². The predicted molar refractivity (Wildman–Crippen MR) is 202 cm³/mol. The number of hydrogen-bond acceptors (Lipinski definition) is 5. The summed E-state index contributed by atoms with van der Waals surface area (Å²) in [6.45, 7) is 8.59. The zero-order valence-electron chi connectivity index (χ0n) is 30.8. The first-order chi connectivity index (χ1) is 22.2. The Morgan fingerprint density at radius 1 is 0.644 bits per heavy atom. The highest BCUT2D eigenvalue weighted by atomic mass is 32.2. The van der Waals surface area contributed by atoms with Gasteiger partial charge in [0.2, 0.25) is 0 Å². The average molecular weight is 670 g/mol. The van der Waals surface area contributed by atoms with Crippen LogP contribution >= 0.6 is 11.8 Å². The third-order valence-corrected chi connectivity index (χ3v) is 14.4. The Morgan fingerprint density at radius 3 is 1.60 bits per heavy atom. The molecule has 0 aromatic heterocycles. The number of rotatable bonds is 32. The summed E-state index contributed by atoms with van der Waals surface area (Å²) in [4.78, 5) is 12.3. The summed E-state index contributed by atoms with van der Waals surface area (Å²) in [6.07, 6.45) is 38.7. The van der Waals surface area contributed by atoms with E-state index in [4.69, 9.17) is 8.95 Å². The lowest BCUT2D eigenvalue weighted by Crippen LogP contribution is -2.49. The molecule has 6 heteroatoms. The maximum absolute atomic E-state index is 12.3. The van der Waals surface area contributed by atoms with E-state index in [1.54, 1.807) is 0 Å². The molecule has 0 bridgehead atoms. The van der Waals surface area contributed by atoms with Gasteiger partial charge in [-0.3, -0.25) is 4.79 Å². The maximum atomic E-state index is 12.3. The van der Waals surface area contributed by atoms with Gasteiger partial charge in [-0.2, -0.15) is 0 Å². The topological polar surface area (TPSA) is 47.6 Å².